The largest absolute Gasteiger partial charge is 0.497 e. The van der Waals surface area contributed by atoms with Crippen molar-refractivity contribution in [2.24, 2.45) is 5.10 Å². The summed E-state index contributed by atoms with van der Waals surface area (Å²) >= 11 is 0. The van der Waals surface area contributed by atoms with Crippen LogP contribution in [0.3, 0.4) is 0 Å². The van der Waals surface area contributed by atoms with Crippen LogP contribution in [0.4, 0.5) is 0 Å². The van der Waals surface area contributed by atoms with Crippen LogP contribution in [0.2, 0.25) is 0 Å². The van der Waals surface area contributed by atoms with Crippen molar-refractivity contribution in [1.29, 1.82) is 0 Å². The van der Waals surface area contributed by atoms with Gasteiger partial charge in [0.15, 0.2) is 0 Å². The molecule has 1 heterocycles. The molecule has 0 atom stereocenters. The van der Waals surface area contributed by atoms with Crippen LogP contribution in [0.1, 0.15) is 16.1 Å². The number of hydrogen-bond donors (Lipinski definition) is 2. The molecule has 0 aliphatic carbocycles. The van der Waals surface area contributed by atoms with Crippen LogP contribution in [-0.2, 0) is 0 Å². The molecule has 1 aromatic heterocycles. The van der Waals surface area contributed by atoms with Gasteiger partial charge in [-0.1, -0.05) is 48.5 Å². The van der Waals surface area contributed by atoms with E-state index in [-0.39, 0.29) is 5.91 Å². The predicted molar refractivity (Wildman–Crippen MR) is 112 cm³/mol. The van der Waals surface area contributed by atoms with Gasteiger partial charge in [-0.05, 0) is 41.5 Å². The number of fused-ring (bicyclic) bond motifs is 1. The van der Waals surface area contributed by atoms with Gasteiger partial charge in [-0.3, -0.25) is 4.79 Å². The highest BCUT2D eigenvalue weighted by Gasteiger charge is 2.18. The average molecular weight is 369 g/mol. The van der Waals surface area contributed by atoms with Crippen LogP contribution >= 0.6 is 0 Å². The second-order valence-corrected chi connectivity index (χ2v) is 6.26. The number of carbonyl (C=O) groups is 1. The standard InChI is InChI=1S/C23H19N3O2/c1-28-18-13-11-16(12-14-18)15-24-26-23(27)22-21(17-7-3-2-4-8-17)19-9-5-6-10-20(19)25-22/h2-15,25H,1H3,(H,26,27)/b24-15-. The molecule has 3 aromatic carbocycles. The molecule has 1 amide bonds. The maximum absolute atomic E-state index is 12.8. The van der Waals surface area contributed by atoms with Gasteiger partial charge in [-0.2, -0.15) is 5.10 Å². The number of H-pyrrole nitrogens is 1. The summed E-state index contributed by atoms with van der Waals surface area (Å²) in [6.07, 6.45) is 1.60. The summed E-state index contributed by atoms with van der Waals surface area (Å²) < 4.78 is 5.14. The number of ether oxygens (including phenoxy) is 1. The Balaban J connectivity index is 1.63. The lowest BCUT2D eigenvalue weighted by molar-refractivity contribution is 0.0951. The lowest BCUT2D eigenvalue weighted by Crippen LogP contribution is -2.18. The molecule has 4 aromatic rings. The maximum atomic E-state index is 12.8. The maximum Gasteiger partial charge on any atom is 0.288 e. The number of nitrogens with zero attached hydrogens (tertiary/aromatic N) is 1. The molecule has 0 saturated carbocycles. The zero-order valence-electron chi connectivity index (χ0n) is 15.3. The van der Waals surface area contributed by atoms with Crippen molar-refractivity contribution in [3.05, 3.63) is 90.1 Å². The summed E-state index contributed by atoms with van der Waals surface area (Å²) in [5, 5.41) is 5.09. The molecule has 138 valence electrons. The fourth-order valence-electron chi connectivity index (χ4n) is 3.13. The van der Waals surface area contributed by atoms with E-state index in [1.165, 1.54) is 0 Å². The van der Waals surface area contributed by atoms with Crippen molar-refractivity contribution < 1.29 is 9.53 Å². The van der Waals surface area contributed by atoms with Gasteiger partial charge in [0.2, 0.25) is 0 Å². The molecule has 0 aliphatic heterocycles. The Kier molecular flexibility index (Phi) is 4.89. The molecular weight excluding hydrogens is 350 g/mol. The van der Waals surface area contributed by atoms with E-state index in [1.807, 2.05) is 78.9 Å². The fraction of sp³-hybridized carbons (Fsp3) is 0.0435. The van der Waals surface area contributed by atoms with Gasteiger partial charge in [0.25, 0.3) is 5.91 Å². The van der Waals surface area contributed by atoms with E-state index in [9.17, 15) is 4.79 Å². The third-order valence-electron chi connectivity index (χ3n) is 4.49. The van der Waals surface area contributed by atoms with E-state index in [4.69, 9.17) is 4.74 Å². The smallest absolute Gasteiger partial charge is 0.288 e. The van der Waals surface area contributed by atoms with Gasteiger partial charge in [-0.15, -0.1) is 0 Å². The quantitative estimate of drug-likeness (QED) is 0.399. The lowest BCUT2D eigenvalue weighted by Gasteiger charge is -2.04. The van der Waals surface area contributed by atoms with Gasteiger partial charge in [0.05, 0.1) is 13.3 Å². The Morgan fingerprint density at radius 1 is 0.964 bits per heavy atom. The first-order valence-electron chi connectivity index (χ1n) is 8.90. The minimum atomic E-state index is -0.292. The van der Waals surface area contributed by atoms with Crippen molar-refractivity contribution >= 4 is 23.0 Å². The van der Waals surface area contributed by atoms with E-state index < -0.39 is 0 Å². The number of benzene rings is 3. The molecule has 28 heavy (non-hydrogen) atoms. The third-order valence-corrected chi connectivity index (χ3v) is 4.49. The fourth-order valence-corrected chi connectivity index (χ4v) is 3.13. The minimum absolute atomic E-state index is 0.292. The second kappa shape index (κ2) is 7.80. The zero-order chi connectivity index (χ0) is 19.3. The molecule has 5 heteroatoms. The first-order chi connectivity index (χ1) is 13.8. The minimum Gasteiger partial charge on any atom is -0.497 e. The number of amides is 1. The van der Waals surface area contributed by atoms with Crippen molar-refractivity contribution in [3.63, 3.8) is 0 Å². The monoisotopic (exact) mass is 369 g/mol. The van der Waals surface area contributed by atoms with Crippen molar-refractivity contribution in [2.45, 2.75) is 0 Å². The SMILES string of the molecule is COc1ccc(/C=N\NC(=O)c2[nH]c3ccccc3c2-c2ccccc2)cc1. The number of rotatable bonds is 5. The van der Waals surface area contributed by atoms with Gasteiger partial charge < -0.3 is 9.72 Å². The Hall–Kier alpha value is -3.86. The molecule has 0 radical (unpaired) electrons. The number of methoxy groups -OCH3 is 1. The van der Waals surface area contributed by atoms with Crippen molar-refractivity contribution in [2.75, 3.05) is 7.11 Å². The van der Waals surface area contributed by atoms with Gasteiger partial charge in [-0.25, -0.2) is 5.43 Å². The number of para-hydroxylation sites is 1. The highest BCUT2D eigenvalue weighted by molar-refractivity contribution is 6.09. The summed E-state index contributed by atoms with van der Waals surface area (Å²) in [6.45, 7) is 0. The van der Waals surface area contributed by atoms with E-state index in [1.54, 1.807) is 13.3 Å². The van der Waals surface area contributed by atoms with Gasteiger partial charge in [0, 0.05) is 16.5 Å². The van der Waals surface area contributed by atoms with E-state index >= 15 is 0 Å². The first kappa shape index (κ1) is 17.5. The van der Waals surface area contributed by atoms with Crippen LogP contribution in [0, 0.1) is 0 Å². The highest BCUT2D eigenvalue weighted by atomic mass is 16.5. The summed E-state index contributed by atoms with van der Waals surface area (Å²) in [5.41, 5.74) is 6.72. The lowest BCUT2D eigenvalue weighted by atomic mass is 10.0. The van der Waals surface area contributed by atoms with Gasteiger partial charge >= 0.3 is 0 Å². The number of aromatic nitrogens is 1. The van der Waals surface area contributed by atoms with Crippen LogP contribution < -0.4 is 10.2 Å². The molecule has 0 fully saturated rings. The number of aromatic amines is 1. The van der Waals surface area contributed by atoms with E-state index in [0.717, 1.165) is 33.3 Å². The molecule has 0 saturated heterocycles. The summed E-state index contributed by atoms with van der Waals surface area (Å²) in [5.74, 6) is 0.478. The second-order valence-electron chi connectivity index (χ2n) is 6.26. The van der Waals surface area contributed by atoms with Crippen molar-refractivity contribution in [1.82, 2.24) is 10.4 Å². The molecule has 0 bridgehead atoms. The van der Waals surface area contributed by atoms with E-state index in [0.29, 0.717) is 5.69 Å². The zero-order valence-corrected chi connectivity index (χ0v) is 15.3. The highest BCUT2D eigenvalue weighted by Crippen LogP contribution is 2.32. The predicted octanol–water partition coefficient (Wildman–Crippen LogP) is 4.61. The Bertz CT molecular complexity index is 1130. The molecule has 0 unspecified atom stereocenters. The molecule has 2 N–H and O–H groups in total. The van der Waals surface area contributed by atoms with Gasteiger partial charge in [0.1, 0.15) is 11.4 Å². The Morgan fingerprint density at radius 2 is 1.68 bits per heavy atom. The molecule has 5 nitrogen and oxygen atoms in total. The average Bonchev–Trinajstić information content (AvgIpc) is 3.14. The van der Waals surface area contributed by atoms with E-state index in [2.05, 4.69) is 15.5 Å². The number of nitrogens with one attached hydrogen (secondary N) is 2. The normalized spacial score (nSPS) is 11.0. The van der Waals surface area contributed by atoms with Crippen molar-refractivity contribution in [3.8, 4) is 16.9 Å². The van der Waals surface area contributed by atoms with Crippen LogP contribution in [-0.4, -0.2) is 24.2 Å². The summed E-state index contributed by atoms with van der Waals surface area (Å²) in [7, 11) is 1.62. The molecule has 4 rings (SSSR count). The number of hydrazone groups is 1. The Labute approximate surface area is 162 Å². The number of hydrogen-bond acceptors (Lipinski definition) is 3. The third kappa shape index (κ3) is 3.50. The van der Waals surface area contributed by atoms with Crippen LogP contribution in [0.15, 0.2) is 84.0 Å². The van der Waals surface area contributed by atoms with Crippen LogP contribution in [0.25, 0.3) is 22.0 Å². The summed E-state index contributed by atoms with van der Waals surface area (Å²) in [6, 6.07) is 25.1. The first-order valence-corrected chi connectivity index (χ1v) is 8.90. The van der Waals surface area contributed by atoms with Crippen LogP contribution in [0.5, 0.6) is 5.75 Å². The summed E-state index contributed by atoms with van der Waals surface area (Å²) in [4.78, 5) is 16.0. The molecule has 0 aliphatic rings. The Morgan fingerprint density at radius 3 is 2.43 bits per heavy atom. The topological polar surface area (TPSA) is 66.5 Å². The molecular formula is C23H19N3O2. The molecule has 0 spiro atoms. The number of carbonyl (C=O) groups excluding carboxylic acids is 1.